The average molecular weight is 503 g/mol. The van der Waals surface area contributed by atoms with E-state index in [-0.39, 0.29) is 23.1 Å². The molecule has 0 aliphatic carbocycles. The topological polar surface area (TPSA) is 58.9 Å². The van der Waals surface area contributed by atoms with Crippen LogP contribution in [-0.4, -0.2) is 50.1 Å². The Bertz CT molecular complexity index is 477. The molecule has 1 saturated heterocycles. The Morgan fingerprint density at radius 1 is 1.36 bits per heavy atom. The van der Waals surface area contributed by atoms with E-state index in [1.165, 1.54) is 0 Å². The Labute approximate surface area is 155 Å². The summed E-state index contributed by atoms with van der Waals surface area (Å²) in [5.41, 5.74) is 2.95. The van der Waals surface area contributed by atoms with Crippen LogP contribution in [0.25, 0.3) is 0 Å². The van der Waals surface area contributed by atoms with Gasteiger partial charge < -0.3 is 19.7 Å². The second-order valence-electron chi connectivity index (χ2n) is 5.54. The zero-order valence-corrected chi connectivity index (χ0v) is 16.8. The minimum absolute atomic E-state index is 0.205. The van der Waals surface area contributed by atoms with Crippen LogP contribution < -0.4 is 0 Å². The van der Waals surface area contributed by atoms with Crippen molar-refractivity contribution in [2.75, 3.05) is 0 Å². The Balaban J connectivity index is 2.26. The van der Waals surface area contributed by atoms with Gasteiger partial charge in [0.25, 0.3) is 0 Å². The van der Waals surface area contributed by atoms with Crippen LogP contribution in [0.5, 0.6) is 0 Å². The van der Waals surface area contributed by atoms with Gasteiger partial charge in [0, 0.05) is 11.4 Å². The molecule has 7 heteroatoms. The zero-order chi connectivity index (χ0) is 16.3. The number of alkyl halides is 2. The SMILES string of the molecule is C[C@@H]1O[C@H](C=C=CBr)C[C@H]2C=C[C@](O)(O2)[C@@H](Br)C[C@@H](O)[C@@H]1Br. The number of hydrogen-bond donors (Lipinski definition) is 2. The molecule has 0 aromatic carbocycles. The van der Waals surface area contributed by atoms with Gasteiger partial charge in [0.2, 0.25) is 0 Å². The third-order valence-corrected chi connectivity index (χ3v) is 6.45. The lowest BCUT2D eigenvalue weighted by atomic mass is 10.0. The highest BCUT2D eigenvalue weighted by Gasteiger charge is 2.43. The quantitative estimate of drug-likeness (QED) is 0.328. The molecule has 0 radical (unpaired) electrons. The van der Waals surface area contributed by atoms with E-state index in [1.807, 2.05) is 13.0 Å². The normalized spacial score (nSPS) is 45.7. The summed E-state index contributed by atoms with van der Waals surface area (Å²) in [6.07, 6.45) is 4.79. The molecule has 2 heterocycles. The molecule has 7 atom stereocenters. The molecule has 4 nitrogen and oxygen atoms in total. The minimum atomic E-state index is -1.41. The predicted octanol–water partition coefficient (Wildman–Crippen LogP) is 3.15. The third-order valence-electron chi connectivity index (χ3n) is 3.80. The highest BCUT2D eigenvalue weighted by atomic mass is 79.9. The lowest BCUT2D eigenvalue weighted by Gasteiger charge is -2.30. The van der Waals surface area contributed by atoms with E-state index in [1.54, 1.807) is 17.1 Å². The van der Waals surface area contributed by atoms with Gasteiger partial charge in [-0.3, -0.25) is 0 Å². The van der Waals surface area contributed by atoms with Crippen molar-refractivity contribution in [1.29, 1.82) is 0 Å². The predicted molar refractivity (Wildman–Crippen MR) is 95.5 cm³/mol. The standard InChI is InChI=1S/C15H19Br3O4/c1-9-14(18)12(19)8-13(17)15(20)5-4-11(22-15)7-10(21-9)3-2-6-16/h3-6,9-14,19-20H,7-8H2,1H3/t2?,9-,10+,11+,12+,13-,14+,15-/m0/s1. The van der Waals surface area contributed by atoms with E-state index in [4.69, 9.17) is 9.47 Å². The van der Waals surface area contributed by atoms with E-state index in [0.717, 1.165) is 0 Å². The lowest BCUT2D eigenvalue weighted by Crippen LogP contribution is -2.42. The number of ether oxygens (including phenoxy) is 2. The van der Waals surface area contributed by atoms with Crippen LogP contribution in [-0.2, 0) is 9.47 Å². The fourth-order valence-corrected chi connectivity index (χ4v) is 3.72. The summed E-state index contributed by atoms with van der Waals surface area (Å²) in [4.78, 5) is 0.974. The van der Waals surface area contributed by atoms with Gasteiger partial charge in [0.05, 0.1) is 34.1 Å². The van der Waals surface area contributed by atoms with Crippen LogP contribution >= 0.6 is 47.8 Å². The Morgan fingerprint density at radius 3 is 2.77 bits per heavy atom. The molecule has 22 heavy (non-hydrogen) atoms. The summed E-state index contributed by atoms with van der Waals surface area (Å²) in [6.45, 7) is 1.91. The molecule has 124 valence electrons. The van der Waals surface area contributed by atoms with E-state index in [9.17, 15) is 10.2 Å². The van der Waals surface area contributed by atoms with Crippen molar-refractivity contribution >= 4 is 47.8 Å². The Morgan fingerprint density at radius 2 is 2.09 bits per heavy atom. The maximum atomic E-state index is 10.6. The zero-order valence-electron chi connectivity index (χ0n) is 12.0. The van der Waals surface area contributed by atoms with Crippen LogP contribution in [0.2, 0.25) is 0 Å². The van der Waals surface area contributed by atoms with E-state index in [2.05, 4.69) is 53.5 Å². The molecular formula is C15H19Br3O4. The summed E-state index contributed by atoms with van der Waals surface area (Å²) >= 11 is 10.1. The van der Waals surface area contributed by atoms with Crippen molar-refractivity contribution in [3.8, 4) is 0 Å². The van der Waals surface area contributed by atoms with Gasteiger partial charge >= 0.3 is 0 Å². The van der Waals surface area contributed by atoms with Crippen molar-refractivity contribution in [3.05, 3.63) is 28.9 Å². The van der Waals surface area contributed by atoms with Gasteiger partial charge in [0.15, 0.2) is 5.79 Å². The lowest BCUT2D eigenvalue weighted by molar-refractivity contribution is -0.176. The second kappa shape index (κ2) is 8.08. The molecule has 0 saturated carbocycles. The van der Waals surface area contributed by atoms with Crippen molar-refractivity contribution in [2.24, 2.45) is 0 Å². The highest BCUT2D eigenvalue weighted by molar-refractivity contribution is 9.11. The van der Waals surface area contributed by atoms with Crippen molar-refractivity contribution in [3.63, 3.8) is 0 Å². The molecular weight excluding hydrogens is 484 g/mol. The summed E-state index contributed by atoms with van der Waals surface area (Å²) in [5, 5.41) is 20.9. The van der Waals surface area contributed by atoms with Crippen molar-refractivity contribution < 1.29 is 19.7 Å². The molecule has 2 aliphatic rings. The molecule has 0 amide bonds. The molecule has 2 rings (SSSR count). The van der Waals surface area contributed by atoms with Crippen LogP contribution in [0.4, 0.5) is 0 Å². The van der Waals surface area contributed by atoms with Gasteiger partial charge in [0.1, 0.15) is 0 Å². The maximum Gasteiger partial charge on any atom is 0.198 e. The molecule has 2 bridgehead atoms. The highest BCUT2D eigenvalue weighted by Crippen LogP contribution is 2.35. The first-order chi connectivity index (χ1) is 10.4. The fourth-order valence-electron chi connectivity index (χ4n) is 2.58. The van der Waals surface area contributed by atoms with E-state index >= 15 is 0 Å². The summed E-state index contributed by atoms with van der Waals surface area (Å²) < 4.78 is 11.8. The summed E-state index contributed by atoms with van der Waals surface area (Å²) in [5.74, 6) is -1.41. The monoisotopic (exact) mass is 500 g/mol. The average Bonchev–Trinajstić information content (AvgIpc) is 2.85. The fraction of sp³-hybridized carbons (Fsp3) is 0.667. The van der Waals surface area contributed by atoms with E-state index < -0.39 is 16.7 Å². The molecule has 1 fully saturated rings. The third kappa shape index (κ3) is 4.54. The number of fused-ring (bicyclic) bond motifs is 2. The number of halogens is 3. The smallest absolute Gasteiger partial charge is 0.198 e. The Hall–Kier alpha value is 0.540. The summed E-state index contributed by atoms with van der Waals surface area (Å²) in [7, 11) is 0. The van der Waals surface area contributed by atoms with Gasteiger partial charge in [-0.25, -0.2) is 0 Å². The second-order valence-corrected chi connectivity index (χ2v) is 8.16. The molecule has 0 aromatic heterocycles. The number of aliphatic hydroxyl groups is 2. The summed E-state index contributed by atoms with van der Waals surface area (Å²) in [6, 6.07) is 0. The molecule has 0 spiro atoms. The van der Waals surface area contributed by atoms with Gasteiger partial charge in [-0.2, -0.15) is 0 Å². The van der Waals surface area contributed by atoms with Crippen LogP contribution in [0.1, 0.15) is 19.8 Å². The van der Waals surface area contributed by atoms with Crippen LogP contribution in [0.15, 0.2) is 28.9 Å². The largest absolute Gasteiger partial charge is 0.392 e. The molecule has 0 unspecified atom stereocenters. The molecule has 2 N–H and O–H groups in total. The van der Waals surface area contributed by atoms with Gasteiger partial charge in [-0.1, -0.05) is 53.9 Å². The van der Waals surface area contributed by atoms with Crippen LogP contribution in [0, 0.1) is 0 Å². The first kappa shape index (κ1) is 18.9. The Kier molecular flexibility index (Phi) is 6.93. The molecule has 2 aliphatic heterocycles. The number of rotatable bonds is 1. The van der Waals surface area contributed by atoms with Crippen molar-refractivity contribution in [2.45, 2.75) is 59.6 Å². The van der Waals surface area contributed by atoms with Gasteiger partial charge in [-0.15, -0.1) is 5.73 Å². The maximum absolute atomic E-state index is 10.6. The minimum Gasteiger partial charge on any atom is -0.392 e. The van der Waals surface area contributed by atoms with Crippen LogP contribution in [0.3, 0.4) is 0 Å². The number of hydrogen-bond acceptors (Lipinski definition) is 4. The number of aliphatic hydroxyl groups excluding tert-OH is 1. The van der Waals surface area contributed by atoms with Gasteiger partial charge in [-0.05, 0) is 25.5 Å². The van der Waals surface area contributed by atoms with E-state index in [0.29, 0.717) is 12.8 Å². The van der Waals surface area contributed by atoms with Crippen molar-refractivity contribution in [1.82, 2.24) is 0 Å². The first-order valence-corrected chi connectivity index (χ1v) is 9.83. The molecule has 0 aromatic rings. The first-order valence-electron chi connectivity index (χ1n) is 7.08.